The van der Waals surface area contributed by atoms with Crippen LogP contribution in [0.5, 0.6) is 0 Å². The first-order chi connectivity index (χ1) is 12.3. The first-order valence-corrected chi connectivity index (χ1v) is 10.8. The van der Waals surface area contributed by atoms with Crippen LogP contribution in [-0.2, 0) is 14.8 Å². The van der Waals surface area contributed by atoms with Crippen molar-refractivity contribution < 1.29 is 18.0 Å². The highest BCUT2D eigenvalue weighted by atomic mass is 32.2. The van der Waals surface area contributed by atoms with Crippen molar-refractivity contribution in [3.05, 3.63) is 34.9 Å². The summed E-state index contributed by atoms with van der Waals surface area (Å²) < 4.78 is 25.9. The number of rotatable bonds is 8. The number of aryl methyl sites for hydroxylation is 2. The van der Waals surface area contributed by atoms with E-state index in [1.807, 2.05) is 26.0 Å². The summed E-state index contributed by atoms with van der Waals surface area (Å²) in [4.78, 5) is 24.1. The second-order valence-corrected chi connectivity index (χ2v) is 8.94. The Morgan fingerprint density at radius 1 is 1.04 bits per heavy atom. The molecule has 0 radical (unpaired) electrons. The van der Waals surface area contributed by atoms with Crippen molar-refractivity contribution in [1.82, 2.24) is 9.62 Å². The number of hydrogen-bond donors (Lipinski definition) is 1. The smallest absolute Gasteiger partial charge is 0.220 e. The minimum absolute atomic E-state index is 0.0650. The molecular weight excluding hydrogens is 352 g/mol. The van der Waals surface area contributed by atoms with Gasteiger partial charge in [0.1, 0.15) is 0 Å². The molecule has 1 fully saturated rings. The van der Waals surface area contributed by atoms with Crippen LogP contribution in [0.3, 0.4) is 0 Å². The van der Waals surface area contributed by atoms with E-state index in [0.717, 1.165) is 30.4 Å². The lowest BCUT2D eigenvalue weighted by molar-refractivity contribution is -0.120. The Labute approximate surface area is 156 Å². The van der Waals surface area contributed by atoms with Gasteiger partial charge in [-0.3, -0.25) is 9.59 Å². The average Bonchev–Trinajstić information content (AvgIpc) is 2.62. The van der Waals surface area contributed by atoms with Gasteiger partial charge in [0, 0.05) is 38.0 Å². The van der Waals surface area contributed by atoms with E-state index in [2.05, 4.69) is 5.32 Å². The molecule has 6 nitrogen and oxygen atoms in total. The maximum absolute atomic E-state index is 12.2. The zero-order valence-electron chi connectivity index (χ0n) is 15.6. The number of sulfonamides is 1. The normalized spacial score (nSPS) is 15.6. The topological polar surface area (TPSA) is 83.5 Å². The van der Waals surface area contributed by atoms with E-state index in [1.165, 1.54) is 4.31 Å². The predicted molar refractivity (Wildman–Crippen MR) is 102 cm³/mol. The summed E-state index contributed by atoms with van der Waals surface area (Å²) in [6, 6.07) is 5.50. The molecule has 26 heavy (non-hydrogen) atoms. The van der Waals surface area contributed by atoms with Crippen LogP contribution in [0.2, 0.25) is 0 Å². The molecule has 1 heterocycles. The number of piperidine rings is 1. The number of ketones is 1. The van der Waals surface area contributed by atoms with Crippen molar-refractivity contribution in [2.24, 2.45) is 0 Å². The molecule has 0 atom stereocenters. The Hall–Kier alpha value is -1.73. The standard InChI is InChI=1S/C19H28N2O4S/c1-15-6-7-17(14-16(15)2)18(22)8-9-19(23)20-10-13-26(24,25)21-11-4-3-5-12-21/h6-7,14H,3-5,8-13H2,1-2H3,(H,20,23). The van der Waals surface area contributed by atoms with Crippen LogP contribution < -0.4 is 5.32 Å². The van der Waals surface area contributed by atoms with E-state index < -0.39 is 10.0 Å². The molecule has 0 aromatic heterocycles. The van der Waals surface area contributed by atoms with Crippen molar-refractivity contribution >= 4 is 21.7 Å². The second kappa shape index (κ2) is 9.28. The minimum atomic E-state index is -3.31. The summed E-state index contributed by atoms with van der Waals surface area (Å²) >= 11 is 0. The largest absolute Gasteiger partial charge is 0.355 e. The lowest BCUT2D eigenvalue weighted by atomic mass is 10.0. The Morgan fingerprint density at radius 2 is 1.73 bits per heavy atom. The highest BCUT2D eigenvalue weighted by Crippen LogP contribution is 2.14. The Balaban J connectivity index is 1.73. The number of nitrogens with one attached hydrogen (secondary N) is 1. The van der Waals surface area contributed by atoms with Crippen LogP contribution in [0.15, 0.2) is 18.2 Å². The molecular formula is C19H28N2O4S. The van der Waals surface area contributed by atoms with E-state index in [4.69, 9.17) is 0 Å². The van der Waals surface area contributed by atoms with Gasteiger partial charge in [0.25, 0.3) is 0 Å². The van der Waals surface area contributed by atoms with Gasteiger partial charge >= 0.3 is 0 Å². The fourth-order valence-electron chi connectivity index (χ4n) is 2.97. The molecule has 144 valence electrons. The monoisotopic (exact) mass is 380 g/mol. The van der Waals surface area contributed by atoms with E-state index in [-0.39, 0.29) is 36.8 Å². The van der Waals surface area contributed by atoms with Crippen LogP contribution in [0.4, 0.5) is 0 Å². The number of amides is 1. The second-order valence-electron chi connectivity index (χ2n) is 6.85. The van der Waals surface area contributed by atoms with Gasteiger partial charge in [0.2, 0.25) is 15.9 Å². The molecule has 0 spiro atoms. The fraction of sp³-hybridized carbons (Fsp3) is 0.579. The molecule has 1 aliphatic rings. The minimum Gasteiger partial charge on any atom is -0.355 e. The molecule has 1 amide bonds. The van der Waals surface area contributed by atoms with Crippen molar-refractivity contribution in [3.8, 4) is 0 Å². The van der Waals surface area contributed by atoms with Crippen LogP contribution in [0.25, 0.3) is 0 Å². The van der Waals surface area contributed by atoms with Crippen molar-refractivity contribution in [2.75, 3.05) is 25.4 Å². The molecule has 7 heteroatoms. The van der Waals surface area contributed by atoms with Gasteiger partial charge in [-0.15, -0.1) is 0 Å². The van der Waals surface area contributed by atoms with Crippen LogP contribution in [-0.4, -0.2) is 49.8 Å². The van der Waals surface area contributed by atoms with E-state index in [0.29, 0.717) is 18.7 Å². The molecule has 2 rings (SSSR count). The summed E-state index contributed by atoms with van der Waals surface area (Å²) in [5, 5.41) is 2.61. The first-order valence-electron chi connectivity index (χ1n) is 9.14. The third-order valence-corrected chi connectivity index (χ3v) is 6.67. The summed E-state index contributed by atoms with van der Waals surface area (Å²) in [7, 11) is -3.31. The van der Waals surface area contributed by atoms with Gasteiger partial charge in [-0.25, -0.2) is 12.7 Å². The van der Waals surface area contributed by atoms with E-state index in [1.54, 1.807) is 6.07 Å². The quantitative estimate of drug-likeness (QED) is 0.701. The molecule has 1 aromatic carbocycles. The maximum Gasteiger partial charge on any atom is 0.220 e. The summed E-state index contributed by atoms with van der Waals surface area (Å²) in [6.07, 6.45) is 3.04. The van der Waals surface area contributed by atoms with Crippen LogP contribution in [0, 0.1) is 13.8 Å². The summed E-state index contributed by atoms with van der Waals surface area (Å²) in [5.41, 5.74) is 2.77. The van der Waals surface area contributed by atoms with E-state index >= 15 is 0 Å². The third-order valence-electron chi connectivity index (χ3n) is 4.80. The highest BCUT2D eigenvalue weighted by molar-refractivity contribution is 7.89. The number of Topliss-reactive ketones (excluding diaryl/α,β-unsaturated/α-hetero) is 1. The van der Waals surface area contributed by atoms with Gasteiger partial charge in [-0.1, -0.05) is 18.6 Å². The molecule has 1 N–H and O–H groups in total. The predicted octanol–water partition coefficient (Wildman–Crippen LogP) is 2.20. The molecule has 0 bridgehead atoms. The molecule has 1 saturated heterocycles. The van der Waals surface area contributed by atoms with E-state index in [9.17, 15) is 18.0 Å². The van der Waals surface area contributed by atoms with Crippen molar-refractivity contribution in [1.29, 1.82) is 0 Å². The fourth-order valence-corrected chi connectivity index (χ4v) is 4.40. The van der Waals surface area contributed by atoms with Gasteiger partial charge < -0.3 is 5.32 Å². The highest BCUT2D eigenvalue weighted by Gasteiger charge is 2.23. The van der Waals surface area contributed by atoms with Crippen LogP contribution in [0.1, 0.15) is 53.6 Å². The number of benzene rings is 1. The Kier molecular flexibility index (Phi) is 7.34. The SMILES string of the molecule is Cc1ccc(C(=O)CCC(=O)NCCS(=O)(=O)N2CCCCC2)cc1C. The van der Waals surface area contributed by atoms with Gasteiger partial charge in [-0.2, -0.15) is 0 Å². The third kappa shape index (κ3) is 5.92. The molecule has 0 unspecified atom stereocenters. The van der Waals surface area contributed by atoms with Gasteiger partial charge in [0.05, 0.1) is 5.75 Å². The molecule has 0 aliphatic carbocycles. The van der Waals surface area contributed by atoms with Crippen molar-refractivity contribution in [2.45, 2.75) is 46.0 Å². The number of carbonyl (C=O) groups is 2. The Morgan fingerprint density at radius 3 is 2.38 bits per heavy atom. The first kappa shape index (κ1) is 20.6. The van der Waals surface area contributed by atoms with Crippen molar-refractivity contribution in [3.63, 3.8) is 0 Å². The zero-order chi connectivity index (χ0) is 19.2. The maximum atomic E-state index is 12.2. The number of carbonyl (C=O) groups excluding carboxylic acids is 2. The summed E-state index contributed by atoms with van der Waals surface area (Å²) in [6.45, 7) is 5.15. The van der Waals surface area contributed by atoms with Gasteiger partial charge in [-0.05, 0) is 43.9 Å². The zero-order valence-corrected chi connectivity index (χ0v) is 16.4. The van der Waals surface area contributed by atoms with Crippen LogP contribution >= 0.6 is 0 Å². The molecule has 1 aromatic rings. The lowest BCUT2D eigenvalue weighted by Crippen LogP contribution is -2.40. The number of hydrogen-bond acceptors (Lipinski definition) is 4. The van der Waals surface area contributed by atoms with Gasteiger partial charge in [0.15, 0.2) is 5.78 Å². The lowest BCUT2D eigenvalue weighted by Gasteiger charge is -2.25. The average molecular weight is 381 g/mol. The number of nitrogens with zero attached hydrogens (tertiary/aromatic N) is 1. The summed E-state index contributed by atoms with van der Waals surface area (Å²) in [5.74, 6) is -0.468. The molecule has 1 aliphatic heterocycles. The Bertz CT molecular complexity index is 753. The molecule has 0 saturated carbocycles.